The summed E-state index contributed by atoms with van der Waals surface area (Å²) in [6.07, 6.45) is 1.63. The molecule has 0 fully saturated rings. The van der Waals surface area contributed by atoms with Crippen LogP contribution in [-0.2, 0) is 0 Å². The third-order valence-electron chi connectivity index (χ3n) is 4.15. The van der Waals surface area contributed by atoms with Gasteiger partial charge in [0.2, 0.25) is 0 Å². The largest absolute Gasteiger partial charge is 0.394 e. The standard InChI is InChI=1S/C18H17FN6O/c1-11-8-17(24-23-11)21-16-7-6-14-18(22-16)25(10-20-14)15(9-26)12-2-4-13(19)5-3-12/h2-8,10,15,26H,9H2,1H3,(H2,21,22,23,24)/t15-/m0/s1. The molecule has 3 N–H and O–H groups in total. The van der Waals surface area contributed by atoms with Gasteiger partial charge in [0, 0.05) is 11.8 Å². The molecule has 132 valence electrons. The maximum absolute atomic E-state index is 13.2. The number of anilines is 2. The molecule has 1 atom stereocenters. The van der Waals surface area contributed by atoms with Crippen LogP contribution in [0.2, 0.25) is 0 Å². The normalized spacial score (nSPS) is 12.4. The first-order valence-corrected chi connectivity index (χ1v) is 8.13. The molecule has 4 rings (SSSR count). The summed E-state index contributed by atoms with van der Waals surface area (Å²) in [6.45, 7) is 1.76. The van der Waals surface area contributed by atoms with E-state index in [-0.39, 0.29) is 12.4 Å². The Kier molecular flexibility index (Phi) is 4.10. The van der Waals surface area contributed by atoms with E-state index in [9.17, 15) is 9.50 Å². The number of nitrogens with zero attached hydrogens (tertiary/aromatic N) is 4. The molecule has 0 bridgehead atoms. The molecule has 0 amide bonds. The van der Waals surface area contributed by atoms with Crippen LogP contribution in [0.15, 0.2) is 48.8 Å². The van der Waals surface area contributed by atoms with Crippen molar-refractivity contribution < 1.29 is 9.50 Å². The van der Waals surface area contributed by atoms with Crippen LogP contribution >= 0.6 is 0 Å². The molecule has 4 aromatic rings. The Balaban J connectivity index is 1.72. The lowest BCUT2D eigenvalue weighted by atomic mass is 10.1. The molecule has 0 aliphatic carbocycles. The topological polar surface area (TPSA) is 91.7 Å². The van der Waals surface area contributed by atoms with Crippen molar-refractivity contribution in [1.29, 1.82) is 0 Å². The molecule has 3 aromatic heterocycles. The highest BCUT2D eigenvalue weighted by atomic mass is 19.1. The number of rotatable bonds is 5. The summed E-state index contributed by atoms with van der Waals surface area (Å²) >= 11 is 0. The SMILES string of the molecule is Cc1cc(Nc2ccc3ncn([C@@H](CO)c4ccc(F)cc4)c3n2)n[nH]1. The molecule has 0 saturated carbocycles. The van der Waals surface area contributed by atoms with Gasteiger partial charge in [0.05, 0.1) is 19.0 Å². The first-order chi connectivity index (χ1) is 12.6. The number of aryl methyl sites for hydroxylation is 1. The predicted molar refractivity (Wildman–Crippen MR) is 95.8 cm³/mol. The van der Waals surface area contributed by atoms with Gasteiger partial charge in [0.15, 0.2) is 11.5 Å². The van der Waals surface area contributed by atoms with Crippen LogP contribution in [0.25, 0.3) is 11.2 Å². The summed E-state index contributed by atoms with van der Waals surface area (Å²) in [5.74, 6) is 0.957. The summed E-state index contributed by atoms with van der Waals surface area (Å²) < 4.78 is 15.0. The number of hydrogen-bond acceptors (Lipinski definition) is 5. The molecule has 0 aliphatic heterocycles. The number of aliphatic hydroxyl groups is 1. The van der Waals surface area contributed by atoms with Gasteiger partial charge >= 0.3 is 0 Å². The minimum absolute atomic E-state index is 0.158. The van der Waals surface area contributed by atoms with Crippen molar-refractivity contribution in [2.45, 2.75) is 13.0 Å². The third kappa shape index (κ3) is 3.02. The summed E-state index contributed by atoms with van der Waals surface area (Å²) in [7, 11) is 0. The Morgan fingerprint density at radius 2 is 2.00 bits per heavy atom. The number of nitrogens with one attached hydrogen (secondary N) is 2. The maximum Gasteiger partial charge on any atom is 0.162 e. The average molecular weight is 352 g/mol. The lowest BCUT2D eigenvalue weighted by Crippen LogP contribution is -2.14. The molecule has 0 unspecified atom stereocenters. The molecule has 7 nitrogen and oxygen atoms in total. The highest BCUT2D eigenvalue weighted by molar-refractivity contribution is 5.74. The molecule has 0 aliphatic rings. The molecular weight excluding hydrogens is 335 g/mol. The fraction of sp³-hybridized carbons (Fsp3) is 0.167. The number of pyridine rings is 1. The van der Waals surface area contributed by atoms with E-state index in [0.29, 0.717) is 22.8 Å². The van der Waals surface area contributed by atoms with E-state index in [2.05, 4.69) is 25.5 Å². The summed E-state index contributed by atoms with van der Waals surface area (Å²) in [6, 6.07) is 11.2. The van der Waals surface area contributed by atoms with Crippen molar-refractivity contribution >= 4 is 22.8 Å². The predicted octanol–water partition coefficient (Wildman–Crippen LogP) is 2.93. The Hall–Kier alpha value is -3.26. The van der Waals surface area contributed by atoms with Crippen LogP contribution in [0.1, 0.15) is 17.3 Å². The Morgan fingerprint density at radius 1 is 1.19 bits per heavy atom. The van der Waals surface area contributed by atoms with E-state index < -0.39 is 6.04 Å². The van der Waals surface area contributed by atoms with Crippen molar-refractivity contribution in [2.24, 2.45) is 0 Å². The fourth-order valence-electron chi connectivity index (χ4n) is 2.86. The minimum Gasteiger partial charge on any atom is -0.394 e. The summed E-state index contributed by atoms with van der Waals surface area (Å²) in [5, 5.41) is 20.0. The van der Waals surface area contributed by atoms with E-state index in [1.54, 1.807) is 23.0 Å². The van der Waals surface area contributed by atoms with Gasteiger partial charge < -0.3 is 15.0 Å². The van der Waals surface area contributed by atoms with E-state index in [4.69, 9.17) is 0 Å². The molecule has 1 aromatic carbocycles. The lowest BCUT2D eigenvalue weighted by molar-refractivity contribution is 0.251. The first-order valence-electron chi connectivity index (χ1n) is 8.13. The second-order valence-electron chi connectivity index (χ2n) is 6.00. The smallest absolute Gasteiger partial charge is 0.162 e. The molecular formula is C18H17FN6O. The van der Waals surface area contributed by atoms with Crippen molar-refractivity contribution in [2.75, 3.05) is 11.9 Å². The molecule has 8 heteroatoms. The zero-order valence-corrected chi connectivity index (χ0v) is 14.0. The Morgan fingerprint density at radius 3 is 2.69 bits per heavy atom. The second kappa shape index (κ2) is 6.57. The molecule has 3 heterocycles. The Labute approximate surface area is 148 Å². The quantitative estimate of drug-likeness (QED) is 0.514. The van der Waals surface area contributed by atoms with Gasteiger partial charge in [0.1, 0.15) is 17.2 Å². The van der Waals surface area contributed by atoms with Crippen LogP contribution in [0.4, 0.5) is 16.0 Å². The number of aromatic nitrogens is 5. The van der Waals surface area contributed by atoms with Gasteiger partial charge in [0.25, 0.3) is 0 Å². The summed E-state index contributed by atoms with van der Waals surface area (Å²) in [5.41, 5.74) is 3.03. The number of hydrogen-bond donors (Lipinski definition) is 3. The van der Waals surface area contributed by atoms with Crippen molar-refractivity contribution in [3.63, 3.8) is 0 Å². The molecule has 26 heavy (non-hydrogen) atoms. The van der Waals surface area contributed by atoms with Crippen molar-refractivity contribution in [1.82, 2.24) is 24.7 Å². The minimum atomic E-state index is -0.407. The van der Waals surface area contributed by atoms with E-state index in [0.717, 1.165) is 11.3 Å². The van der Waals surface area contributed by atoms with Crippen LogP contribution in [-0.4, -0.2) is 36.4 Å². The fourth-order valence-corrected chi connectivity index (χ4v) is 2.86. The van der Waals surface area contributed by atoms with Crippen LogP contribution in [0.5, 0.6) is 0 Å². The first kappa shape index (κ1) is 16.2. The highest BCUT2D eigenvalue weighted by Gasteiger charge is 2.17. The number of H-pyrrole nitrogens is 1. The number of aromatic amines is 1. The zero-order valence-electron chi connectivity index (χ0n) is 14.0. The number of halogens is 1. The van der Waals surface area contributed by atoms with Crippen molar-refractivity contribution in [3.8, 4) is 0 Å². The number of imidazole rings is 1. The van der Waals surface area contributed by atoms with Gasteiger partial charge in [-0.2, -0.15) is 5.10 Å². The monoisotopic (exact) mass is 352 g/mol. The summed E-state index contributed by atoms with van der Waals surface area (Å²) in [4.78, 5) is 8.95. The highest BCUT2D eigenvalue weighted by Crippen LogP contribution is 2.24. The number of fused-ring (bicyclic) bond motifs is 1. The molecule has 0 spiro atoms. The lowest BCUT2D eigenvalue weighted by Gasteiger charge is -2.17. The van der Waals surface area contributed by atoms with Gasteiger partial charge in [-0.3, -0.25) is 5.10 Å². The van der Waals surface area contributed by atoms with E-state index in [1.807, 2.05) is 25.1 Å². The van der Waals surface area contributed by atoms with Crippen LogP contribution < -0.4 is 5.32 Å². The van der Waals surface area contributed by atoms with E-state index >= 15 is 0 Å². The Bertz CT molecular complexity index is 1040. The number of benzene rings is 1. The van der Waals surface area contributed by atoms with Gasteiger partial charge in [-0.25, -0.2) is 14.4 Å². The van der Waals surface area contributed by atoms with Crippen LogP contribution in [0, 0.1) is 12.7 Å². The molecule has 0 saturated heterocycles. The van der Waals surface area contributed by atoms with Gasteiger partial charge in [-0.05, 0) is 36.8 Å². The average Bonchev–Trinajstić information content (AvgIpc) is 3.24. The van der Waals surface area contributed by atoms with Crippen LogP contribution in [0.3, 0.4) is 0 Å². The number of aliphatic hydroxyl groups excluding tert-OH is 1. The third-order valence-corrected chi connectivity index (χ3v) is 4.15. The zero-order chi connectivity index (χ0) is 18.1. The second-order valence-corrected chi connectivity index (χ2v) is 6.00. The van der Waals surface area contributed by atoms with Gasteiger partial charge in [-0.15, -0.1) is 0 Å². The molecule has 0 radical (unpaired) electrons. The van der Waals surface area contributed by atoms with E-state index in [1.165, 1.54) is 12.1 Å². The maximum atomic E-state index is 13.2. The van der Waals surface area contributed by atoms with Gasteiger partial charge in [-0.1, -0.05) is 12.1 Å². The van der Waals surface area contributed by atoms with Crippen molar-refractivity contribution in [3.05, 3.63) is 65.9 Å².